The second-order valence-electron chi connectivity index (χ2n) is 10.7. The van der Waals surface area contributed by atoms with E-state index in [1.54, 1.807) is 12.1 Å². The molecule has 0 aliphatic heterocycles. The van der Waals surface area contributed by atoms with Crippen LogP contribution in [0.15, 0.2) is 60.9 Å². The average molecular weight is 719 g/mol. The lowest BCUT2D eigenvalue weighted by Crippen LogP contribution is -2.50. The predicted molar refractivity (Wildman–Crippen MR) is 162 cm³/mol. The Morgan fingerprint density at radius 1 is 0.620 bits per heavy atom. The fourth-order valence-corrected chi connectivity index (χ4v) is 5.10. The molecule has 18 heteroatoms. The van der Waals surface area contributed by atoms with Gasteiger partial charge in [-0.2, -0.15) is 26.3 Å². The molecule has 2 atom stereocenters. The van der Waals surface area contributed by atoms with Crippen molar-refractivity contribution in [1.82, 2.24) is 9.13 Å². The molecule has 0 saturated heterocycles. The molecule has 4 N–H and O–H groups in total. The lowest BCUT2D eigenvalue weighted by molar-refractivity contribution is -0.268. The number of fused-ring (bicyclic) bond motifs is 2. The van der Waals surface area contributed by atoms with Crippen LogP contribution >= 0.6 is 0 Å². The Morgan fingerprint density at radius 3 is 1.22 bits per heavy atom. The lowest BCUT2D eigenvalue weighted by Gasteiger charge is -2.27. The van der Waals surface area contributed by atoms with Gasteiger partial charge >= 0.3 is 36.2 Å². The lowest BCUT2D eigenvalue weighted by atomic mass is 9.92. The second kappa shape index (κ2) is 15.2. The van der Waals surface area contributed by atoms with Crippen LogP contribution < -0.4 is 0 Å². The summed E-state index contributed by atoms with van der Waals surface area (Å²) in [5.74, 6) is -5.92. The molecule has 0 fully saturated rings. The van der Waals surface area contributed by atoms with Gasteiger partial charge in [0, 0.05) is 58.4 Å². The van der Waals surface area contributed by atoms with E-state index < -0.39 is 58.6 Å². The second-order valence-corrected chi connectivity index (χ2v) is 10.7. The SMILES string of the molecule is CCOC(=O)C(O)(c1cn(CCC(=O)O)c2ccccc12)C(F)(F)F.CCOC(=O)C(O)(c1cn(CCC(=O)O)c2ccccc12)C(F)(F)F. The van der Waals surface area contributed by atoms with Gasteiger partial charge in [-0.05, 0) is 26.0 Å². The Labute approximate surface area is 279 Å². The quantitative estimate of drug-likeness (QED) is 0.117. The number of rotatable bonds is 12. The van der Waals surface area contributed by atoms with Gasteiger partial charge in [0.05, 0.1) is 26.1 Å². The monoisotopic (exact) mass is 718 g/mol. The summed E-state index contributed by atoms with van der Waals surface area (Å²) in [6.07, 6.45) is -9.41. The summed E-state index contributed by atoms with van der Waals surface area (Å²) in [6.45, 7) is 1.73. The molecule has 2 aromatic carbocycles. The topological polar surface area (TPSA) is 178 Å². The Morgan fingerprint density at radius 2 is 0.940 bits per heavy atom. The van der Waals surface area contributed by atoms with E-state index in [2.05, 4.69) is 9.47 Å². The highest BCUT2D eigenvalue weighted by molar-refractivity contribution is 5.94. The maximum atomic E-state index is 13.6. The van der Waals surface area contributed by atoms with Crippen LogP contribution in [-0.4, -0.2) is 79.0 Å². The van der Waals surface area contributed by atoms with E-state index in [9.17, 15) is 55.7 Å². The van der Waals surface area contributed by atoms with Gasteiger partial charge in [-0.15, -0.1) is 0 Å². The molecule has 4 aromatic rings. The van der Waals surface area contributed by atoms with Crippen molar-refractivity contribution in [2.75, 3.05) is 13.2 Å². The molecule has 2 heterocycles. The van der Waals surface area contributed by atoms with E-state index >= 15 is 0 Å². The first-order chi connectivity index (χ1) is 23.2. The zero-order valence-electron chi connectivity index (χ0n) is 26.4. The number of carbonyl (C=O) groups excluding carboxylic acids is 2. The predicted octanol–water partition coefficient (Wildman–Crippen LogP) is 4.86. The standard InChI is InChI=1S/2C16H16F3NO5/c2*1-2-25-14(23)15(24,16(17,18)19)11-9-20(8-7-13(21)22)12-6-4-3-5-10(11)12/h2*3-6,9,24H,2,7-8H2,1H3,(H,21,22). The molecule has 2 aromatic heterocycles. The van der Waals surface area contributed by atoms with E-state index in [1.165, 1.54) is 59.4 Å². The number of esters is 2. The van der Waals surface area contributed by atoms with E-state index in [0.717, 1.165) is 12.4 Å². The number of carboxylic acids is 2. The average Bonchev–Trinajstić information content (AvgIpc) is 3.60. The van der Waals surface area contributed by atoms with Crippen LogP contribution in [-0.2, 0) is 52.9 Å². The molecule has 0 radical (unpaired) electrons. The largest absolute Gasteiger partial charge is 0.481 e. The maximum absolute atomic E-state index is 13.6. The molecule has 0 saturated carbocycles. The number of aliphatic hydroxyl groups is 2. The summed E-state index contributed by atoms with van der Waals surface area (Å²) in [4.78, 5) is 45.4. The number of nitrogens with zero attached hydrogens (tertiary/aromatic N) is 2. The third-order valence-corrected chi connectivity index (χ3v) is 7.45. The van der Waals surface area contributed by atoms with Crippen LogP contribution in [0.1, 0.15) is 37.8 Å². The Hall–Kier alpha value is -5.10. The molecule has 2 unspecified atom stereocenters. The number of aromatic nitrogens is 2. The molecular formula is C32H32F6N2O10. The summed E-state index contributed by atoms with van der Waals surface area (Å²) < 4.78 is 92.7. The van der Waals surface area contributed by atoms with E-state index in [4.69, 9.17) is 10.2 Å². The normalized spacial score (nSPS) is 14.3. The summed E-state index contributed by atoms with van der Waals surface area (Å²) in [7, 11) is 0. The number of halogens is 6. The van der Waals surface area contributed by atoms with E-state index in [-0.39, 0.29) is 61.0 Å². The van der Waals surface area contributed by atoms with Crippen molar-refractivity contribution in [3.63, 3.8) is 0 Å². The van der Waals surface area contributed by atoms with Gasteiger partial charge in [-0.3, -0.25) is 9.59 Å². The van der Waals surface area contributed by atoms with Crippen molar-refractivity contribution in [3.8, 4) is 0 Å². The Balaban J connectivity index is 0.000000270. The minimum atomic E-state index is -5.32. The molecule has 4 rings (SSSR count). The molecule has 272 valence electrons. The highest BCUT2D eigenvalue weighted by Gasteiger charge is 2.64. The van der Waals surface area contributed by atoms with Crippen molar-refractivity contribution in [2.24, 2.45) is 0 Å². The number of hydrogen-bond acceptors (Lipinski definition) is 8. The summed E-state index contributed by atoms with van der Waals surface area (Å²) in [6, 6.07) is 11.6. The maximum Gasteiger partial charge on any atom is 0.432 e. The number of para-hydroxylation sites is 2. The van der Waals surface area contributed by atoms with Crippen LogP contribution in [0.4, 0.5) is 26.3 Å². The molecule has 0 bridgehead atoms. The molecule has 0 amide bonds. The van der Waals surface area contributed by atoms with Crippen LogP contribution in [0.5, 0.6) is 0 Å². The van der Waals surface area contributed by atoms with Crippen LogP contribution in [0.2, 0.25) is 0 Å². The third kappa shape index (κ3) is 7.70. The van der Waals surface area contributed by atoms with Crippen LogP contribution in [0, 0.1) is 0 Å². The molecule has 0 spiro atoms. The number of aryl methyl sites for hydroxylation is 2. The van der Waals surface area contributed by atoms with Crippen molar-refractivity contribution in [2.45, 2.75) is 63.3 Å². The molecule has 50 heavy (non-hydrogen) atoms. The minimum absolute atomic E-state index is 0.0132. The molecular weight excluding hydrogens is 686 g/mol. The van der Waals surface area contributed by atoms with Crippen LogP contribution in [0.3, 0.4) is 0 Å². The summed E-state index contributed by atoms with van der Waals surface area (Å²) in [5, 5.41) is 38.1. The Kier molecular flexibility index (Phi) is 12.0. The fourth-order valence-electron chi connectivity index (χ4n) is 5.10. The highest BCUT2D eigenvalue weighted by atomic mass is 19.4. The summed E-state index contributed by atoms with van der Waals surface area (Å²) in [5.41, 5.74) is -8.55. The zero-order chi connectivity index (χ0) is 37.7. The van der Waals surface area contributed by atoms with Crippen molar-refractivity contribution >= 4 is 45.7 Å². The number of carboxylic acid groups (broad SMARTS) is 2. The van der Waals surface area contributed by atoms with Crippen molar-refractivity contribution < 1.29 is 75.4 Å². The van der Waals surface area contributed by atoms with Gasteiger partial charge in [0.2, 0.25) is 0 Å². The third-order valence-electron chi connectivity index (χ3n) is 7.45. The number of hydrogen-bond donors (Lipinski definition) is 4. The first kappa shape index (κ1) is 39.3. The number of ether oxygens (including phenoxy) is 2. The smallest absolute Gasteiger partial charge is 0.432 e. The Bertz CT molecular complexity index is 1730. The first-order valence-electron chi connectivity index (χ1n) is 14.8. The minimum Gasteiger partial charge on any atom is -0.481 e. The number of aliphatic carboxylic acids is 2. The first-order valence-corrected chi connectivity index (χ1v) is 14.8. The molecule has 0 aliphatic rings. The summed E-state index contributed by atoms with van der Waals surface area (Å²) >= 11 is 0. The van der Waals surface area contributed by atoms with Crippen LogP contribution in [0.25, 0.3) is 21.8 Å². The van der Waals surface area contributed by atoms with E-state index in [0.29, 0.717) is 0 Å². The van der Waals surface area contributed by atoms with Gasteiger partial charge in [-0.1, -0.05) is 36.4 Å². The number of alkyl halides is 6. The van der Waals surface area contributed by atoms with Crippen molar-refractivity contribution in [1.29, 1.82) is 0 Å². The van der Waals surface area contributed by atoms with Gasteiger partial charge in [0.1, 0.15) is 0 Å². The van der Waals surface area contributed by atoms with E-state index in [1.807, 2.05) is 0 Å². The number of carbonyl (C=O) groups is 4. The number of benzene rings is 2. The van der Waals surface area contributed by atoms with Gasteiger partial charge in [0.15, 0.2) is 0 Å². The van der Waals surface area contributed by atoms with Crippen molar-refractivity contribution in [3.05, 3.63) is 72.1 Å². The van der Waals surface area contributed by atoms with Gasteiger partial charge in [-0.25, -0.2) is 9.59 Å². The molecule has 12 nitrogen and oxygen atoms in total. The van der Waals surface area contributed by atoms with Gasteiger partial charge in [0.25, 0.3) is 11.2 Å². The molecule has 0 aliphatic carbocycles. The zero-order valence-corrected chi connectivity index (χ0v) is 26.4. The van der Waals surface area contributed by atoms with Gasteiger partial charge < -0.3 is 39.0 Å². The fraction of sp³-hybridized carbons (Fsp3) is 0.375. The highest BCUT2D eigenvalue weighted by Crippen LogP contribution is 2.45.